The molecule has 4 rings (SSSR count). The van der Waals surface area contributed by atoms with E-state index >= 15 is 0 Å². The molecule has 152 valence electrons. The summed E-state index contributed by atoms with van der Waals surface area (Å²) in [6, 6.07) is 22.2. The van der Waals surface area contributed by atoms with E-state index in [1.165, 1.54) is 5.56 Å². The normalized spacial score (nSPS) is 10.7. The zero-order valence-corrected chi connectivity index (χ0v) is 16.9. The van der Waals surface area contributed by atoms with Gasteiger partial charge in [0.2, 0.25) is 5.88 Å². The third-order valence-electron chi connectivity index (χ3n) is 4.80. The molecule has 4 aromatic rings. The lowest BCUT2D eigenvalue weighted by molar-refractivity contribution is 0.290. The van der Waals surface area contributed by atoms with Gasteiger partial charge in [-0.1, -0.05) is 42.5 Å². The molecule has 30 heavy (non-hydrogen) atoms. The van der Waals surface area contributed by atoms with E-state index < -0.39 is 0 Å². The van der Waals surface area contributed by atoms with E-state index in [1.807, 2.05) is 73.3 Å². The van der Waals surface area contributed by atoms with Crippen LogP contribution in [0, 0.1) is 0 Å². The summed E-state index contributed by atoms with van der Waals surface area (Å²) in [6.45, 7) is 1.97. The predicted molar refractivity (Wildman–Crippen MR) is 116 cm³/mol. The number of pyridine rings is 1. The highest BCUT2D eigenvalue weighted by atomic mass is 16.5. The highest BCUT2D eigenvalue weighted by Gasteiger charge is 2.01. The molecule has 0 aliphatic rings. The highest BCUT2D eigenvalue weighted by molar-refractivity contribution is 5.28. The molecule has 5 heteroatoms. The minimum absolute atomic E-state index is 0.478. The topological polar surface area (TPSA) is 49.2 Å². The Hall–Kier alpha value is -3.60. The molecule has 0 spiro atoms. The second-order valence-electron chi connectivity index (χ2n) is 7.12. The van der Waals surface area contributed by atoms with E-state index in [2.05, 4.69) is 26.7 Å². The Bertz CT molecular complexity index is 999. The Labute approximate surface area is 177 Å². The summed E-state index contributed by atoms with van der Waals surface area (Å²) >= 11 is 0. The zero-order valence-electron chi connectivity index (χ0n) is 16.9. The lowest BCUT2D eigenvalue weighted by atomic mass is 10.1. The zero-order chi connectivity index (χ0) is 20.4. The molecule has 2 aromatic carbocycles. The van der Waals surface area contributed by atoms with Crippen molar-refractivity contribution in [1.29, 1.82) is 0 Å². The van der Waals surface area contributed by atoms with Crippen molar-refractivity contribution in [3.05, 3.63) is 108 Å². The number of rotatable bonds is 10. The van der Waals surface area contributed by atoms with E-state index in [4.69, 9.17) is 9.47 Å². The number of hydrogen-bond donors (Lipinski definition) is 0. The fourth-order valence-electron chi connectivity index (χ4n) is 3.12. The van der Waals surface area contributed by atoms with Crippen LogP contribution < -0.4 is 9.47 Å². The summed E-state index contributed by atoms with van der Waals surface area (Å²) in [5.74, 6) is 1.47. The van der Waals surface area contributed by atoms with Gasteiger partial charge in [0.05, 0.1) is 6.33 Å². The molecular weight excluding hydrogens is 374 g/mol. The van der Waals surface area contributed by atoms with Crippen molar-refractivity contribution in [2.45, 2.75) is 32.6 Å². The third kappa shape index (κ3) is 5.95. The van der Waals surface area contributed by atoms with E-state index in [-0.39, 0.29) is 0 Å². The average molecular weight is 399 g/mol. The van der Waals surface area contributed by atoms with Gasteiger partial charge < -0.3 is 14.0 Å². The molecule has 0 unspecified atom stereocenters. The van der Waals surface area contributed by atoms with Crippen LogP contribution in [0.1, 0.15) is 23.1 Å². The van der Waals surface area contributed by atoms with Crippen molar-refractivity contribution in [3.63, 3.8) is 0 Å². The standard InChI is InChI=1S/C25H25N3O2/c1-2-5-22(6-3-1)18-30-25-13-10-23(17-27-25)19-29-24-11-8-21(9-12-24)7-4-15-28-16-14-26-20-28/h1-3,5-6,8-14,16-17,20H,4,7,15,18-19H2. The van der Waals surface area contributed by atoms with Gasteiger partial charge in [-0.25, -0.2) is 9.97 Å². The quantitative estimate of drug-likeness (QED) is 0.374. The van der Waals surface area contributed by atoms with Gasteiger partial charge in [-0.05, 0) is 42.2 Å². The van der Waals surface area contributed by atoms with E-state index in [1.54, 1.807) is 6.20 Å². The second-order valence-corrected chi connectivity index (χ2v) is 7.12. The van der Waals surface area contributed by atoms with Gasteiger partial charge in [-0.15, -0.1) is 0 Å². The summed E-state index contributed by atoms with van der Waals surface area (Å²) in [4.78, 5) is 8.43. The molecule has 0 atom stereocenters. The molecule has 2 aromatic heterocycles. The molecule has 5 nitrogen and oxygen atoms in total. The van der Waals surface area contributed by atoms with Crippen molar-refractivity contribution < 1.29 is 9.47 Å². The molecule has 0 saturated carbocycles. The first-order valence-corrected chi connectivity index (χ1v) is 10.1. The van der Waals surface area contributed by atoms with Crippen molar-refractivity contribution in [2.75, 3.05) is 0 Å². The number of aromatic nitrogens is 3. The highest BCUT2D eigenvalue weighted by Crippen LogP contribution is 2.16. The second kappa shape index (κ2) is 10.3. The molecule has 0 saturated heterocycles. The van der Waals surface area contributed by atoms with Crippen LogP contribution in [0.4, 0.5) is 0 Å². The predicted octanol–water partition coefficient (Wildman–Crippen LogP) is 5.07. The molecule has 0 amide bonds. The maximum atomic E-state index is 5.89. The molecule has 0 aliphatic carbocycles. The third-order valence-corrected chi connectivity index (χ3v) is 4.80. The number of nitrogens with zero attached hydrogens (tertiary/aromatic N) is 3. The molecule has 0 N–H and O–H groups in total. The number of ether oxygens (including phenoxy) is 2. The molecule has 0 aliphatic heterocycles. The van der Waals surface area contributed by atoms with Crippen molar-refractivity contribution in [3.8, 4) is 11.6 Å². The van der Waals surface area contributed by atoms with Crippen LogP contribution in [-0.4, -0.2) is 14.5 Å². The van der Waals surface area contributed by atoms with Crippen LogP contribution >= 0.6 is 0 Å². The SMILES string of the molecule is c1ccc(COc2ccc(COc3ccc(CCCn4ccnc4)cc3)cn2)cc1. The van der Waals surface area contributed by atoms with Crippen LogP contribution in [0.15, 0.2) is 91.6 Å². The summed E-state index contributed by atoms with van der Waals surface area (Å²) in [5, 5.41) is 0. The minimum Gasteiger partial charge on any atom is -0.489 e. The largest absolute Gasteiger partial charge is 0.489 e. The van der Waals surface area contributed by atoms with Crippen molar-refractivity contribution in [2.24, 2.45) is 0 Å². The number of aryl methyl sites for hydroxylation is 2. The Kier molecular flexibility index (Phi) is 6.74. The fourth-order valence-corrected chi connectivity index (χ4v) is 3.12. The lowest BCUT2D eigenvalue weighted by Crippen LogP contribution is -2.00. The summed E-state index contributed by atoms with van der Waals surface area (Å²) in [7, 11) is 0. The van der Waals surface area contributed by atoms with Gasteiger partial charge in [-0.3, -0.25) is 0 Å². The minimum atomic E-state index is 0.478. The van der Waals surface area contributed by atoms with Crippen molar-refractivity contribution in [1.82, 2.24) is 14.5 Å². The molecule has 0 bridgehead atoms. The summed E-state index contributed by atoms with van der Waals surface area (Å²) in [5.41, 5.74) is 3.44. The van der Waals surface area contributed by atoms with Crippen LogP contribution in [0.3, 0.4) is 0 Å². The molecule has 0 radical (unpaired) electrons. The van der Waals surface area contributed by atoms with Gasteiger partial charge in [-0.2, -0.15) is 0 Å². The monoisotopic (exact) mass is 399 g/mol. The first-order valence-electron chi connectivity index (χ1n) is 10.1. The van der Waals surface area contributed by atoms with Gasteiger partial charge in [0.15, 0.2) is 0 Å². The van der Waals surface area contributed by atoms with E-state index in [9.17, 15) is 0 Å². The van der Waals surface area contributed by atoms with Crippen LogP contribution in [0.2, 0.25) is 0 Å². The molecular formula is C25H25N3O2. The Morgan fingerprint density at radius 1 is 0.767 bits per heavy atom. The Balaban J connectivity index is 1.20. The maximum absolute atomic E-state index is 5.89. The van der Waals surface area contributed by atoms with Crippen molar-refractivity contribution >= 4 is 0 Å². The number of imidazole rings is 1. The Morgan fingerprint density at radius 3 is 2.30 bits per heavy atom. The first kappa shape index (κ1) is 19.7. The molecule has 0 fully saturated rings. The van der Waals surface area contributed by atoms with Gasteiger partial charge in [0.25, 0.3) is 0 Å². The fraction of sp³-hybridized carbons (Fsp3) is 0.200. The van der Waals surface area contributed by atoms with Crippen LogP contribution in [0.25, 0.3) is 0 Å². The number of benzene rings is 2. The smallest absolute Gasteiger partial charge is 0.213 e. The Morgan fingerprint density at radius 2 is 1.57 bits per heavy atom. The lowest BCUT2D eigenvalue weighted by Gasteiger charge is -2.09. The van der Waals surface area contributed by atoms with Crippen LogP contribution in [-0.2, 0) is 26.2 Å². The van der Waals surface area contributed by atoms with E-state index in [0.717, 1.165) is 36.3 Å². The maximum Gasteiger partial charge on any atom is 0.213 e. The number of hydrogen-bond acceptors (Lipinski definition) is 4. The summed E-state index contributed by atoms with van der Waals surface area (Å²) < 4.78 is 13.7. The average Bonchev–Trinajstić information content (AvgIpc) is 3.32. The van der Waals surface area contributed by atoms with Gasteiger partial charge in [0, 0.05) is 36.8 Å². The van der Waals surface area contributed by atoms with E-state index in [0.29, 0.717) is 19.1 Å². The van der Waals surface area contributed by atoms with Gasteiger partial charge >= 0.3 is 0 Å². The molecule has 2 heterocycles. The van der Waals surface area contributed by atoms with Gasteiger partial charge in [0.1, 0.15) is 19.0 Å². The van der Waals surface area contributed by atoms with Crippen LogP contribution in [0.5, 0.6) is 11.6 Å². The first-order chi connectivity index (χ1) is 14.8. The summed E-state index contributed by atoms with van der Waals surface area (Å²) in [6.07, 6.45) is 9.58.